The minimum atomic E-state index is -0.464. The van der Waals surface area contributed by atoms with E-state index in [1.807, 2.05) is 49.2 Å². The van der Waals surface area contributed by atoms with Crippen molar-refractivity contribution in [2.45, 2.75) is 13.0 Å². The van der Waals surface area contributed by atoms with E-state index in [0.717, 1.165) is 10.5 Å². The fraction of sp³-hybridized carbons (Fsp3) is 0.160. The Balaban J connectivity index is 1.60. The van der Waals surface area contributed by atoms with Gasteiger partial charge in [0.15, 0.2) is 0 Å². The molecule has 31 heavy (non-hydrogen) atoms. The molecule has 0 spiro atoms. The van der Waals surface area contributed by atoms with Crippen LogP contribution in [-0.2, 0) is 4.79 Å². The lowest BCUT2D eigenvalue weighted by molar-refractivity contribution is -0.121. The lowest BCUT2D eigenvalue weighted by Gasteiger charge is -2.26. The number of nitrogens with zero attached hydrogens (tertiary/aromatic N) is 2. The first-order valence-corrected chi connectivity index (χ1v) is 10.1. The van der Waals surface area contributed by atoms with Gasteiger partial charge < -0.3 is 5.32 Å². The number of likely N-dealkylation sites (N-methyl/N-ethyl adjacent to an activating group) is 1. The predicted octanol–water partition coefficient (Wildman–Crippen LogP) is 4.12. The van der Waals surface area contributed by atoms with E-state index in [0.29, 0.717) is 29.0 Å². The zero-order valence-corrected chi connectivity index (χ0v) is 17.4. The third-order valence-corrected chi connectivity index (χ3v) is 5.47. The van der Waals surface area contributed by atoms with E-state index in [4.69, 9.17) is 0 Å². The van der Waals surface area contributed by atoms with Gasteiger partial charge in [0.05, 0.1) is 16.8 Å². The van der Waals surface area contributed by atoms with Crippen molar-refractivity contribution in [2.24, 2.45) is 0 Å². The van der Waals surface area contributed by atoms with E-state index in [-0.39, 0.29) is 17.7 Å². The Morgan fingerprint density at radius 3 is 2.13 bits per heavy atom. The fourth-order valence-corrected chi connectivity index (χ4v) is 3.78. The number of carbonyl (C=O) groups excluding carboxylic acids is 3. The van der Waals surface area contributed by atoms with Crippen molar-refractivity contribution in [2.75, 3.05) is 23.8 Å². The maximum atomic E-state index is 13.2. The molecule has 0 bridgehead atoms. The molecular weight excluding hydrogens is 390 g/mol. The van der Waals surface area contributed by atoms with Crippen molar-refractivity contribution in [3.8, 4) is 0 Å². The topological polar surface area (TPSA) is 69.7 Å². The van der Waals surface area contributed by atoms with Gasteiger partial charge in [-0.15, -0.1) is 0 Å². The summed E-state index contributed by atoms with van der Waals surface area (Å²) in [6, 6.07) is 22.7. The molecule has 3 aromatic carbocycles. The van der Waals surface area contributed by atoms with Crippen LogP contribution in [0.3, 0.4) is 0 Å². The Bertz CT molecular complexity index is 1110. The normalized spacial score (nSPS) is 14.0. The number of carbonyl (C=O) groups is 3. The van der Waals surface area contributed by atoms with Gasteiger partial charge in [0.25, 0.3) is 11.8 Å². The van der Waals surface area contributed by atoms with Crippen LogP contribution in [0.15, 0.2) is 78.9 Å². The summed E-state index contributed by atoms with van der Waals surface area (Å²) in [6.45, 7) is 2.69. The summed E-state index contributed by atoms with van der Waals surface area (Å²) in [4.78, 5) is 41.8. The average molecular weight is 413 g/mol. The molecule has 4 rings (SSSR count). The van der Waals surface area contributed by atoms with E-state index in [2.05, 4.69) is 5.32 Å². The highest BCUT2D eigenvalue weighted by Gasteiger charge is 2.36. The zero-order valence-electron chi connectivity index (χ0n) is 17.4. The Morgan fingerprint density at radius 2 is 1.52 bits per heavy atom. The molecule has 156 valence electrons. The molecule has 3 aromatic rings. The number of hydrogen-bond donors (Lipinski definition) is 1. The first kappa shape index (κ1) is 20.5. The molecule has 6 nitrogen and oxygen atoms in total. The van der Waals surface area contributed by atoms with Crippen molar-refractivity contribution in [1.82, 2.24) is 4.90 Å². The molecule has 0 fully saturated rings. The Kier molecular flexibility index (Phi) is 5.64. The molecule has 3 amide bonds. The molecule has 1 unspecified atom stereocenters. The summed E-state index contributed by atoms with van der Waals surface area (Å²) < 4.78 is 0. The van der Waals surface area contributed by atoms with Gasteiger partial charge in [0.2, 0.25) is 5.91 Å². The largest absolute Gasteiger partial charge is 0.324 e. The van der Waals surface area contributed by atoms with Crippen LogP contribution < -0.4 is 10.2 Å². The van der Waals surface area contributed by atoms with E-state index in [1.54, 1.807) is 48.5 Å². The quantitative estimate of drug-likeness (QED) is 0.617. The number of imide groups is 1. The first-order valence-electron chi connectivity index (χ1n) is 10.1. The van der Waals surface area contributed by atoms with Crippen molar-refractivity contribution >= 4 is 29.1 Å². The van der Waals surface area contributed by atoms with E-state index in [1.165, 1.54) is 0 Å². The molecular formula is C25H23N3O3. The predicted molar refractivity (Wildman–Crippen MR) is 120 cm³/mol. The van der Waals surface area contributed by atoms with Gasteiger partial charge in [-0.05, 0) is 49.5 Å². The van der Waals surface area contributed by atoms with E-state index < -0.39 is 6.04 Å². The average Bonchev–Trinajstić information content (AvgIpc) is 3.05. The van der Waals surface area contributed by atoms with Crippen molar-refractivity contribution in [1.29, 1.82) is 0 Å². The molecule has 0 saturated heterocycles. The molecule has 6 heteroatoms. The van der Waals surface area contributed by atoms with Crippen molar-refractivity contribution in [3.05, 3.63) is 95.6 Å². The number of fused-ring (bicyclic) bond motifs is 1. The SMILES string of the molecule is CCN(C)C(C(=O)Nc1cccc(N2C(=O)c3ccccc3C2=O)c1)c1ccccc1. The minimum absolute atomic E-state index is 0.185. The molecule has 0 aromatic heterocycles. The fourth-order valence-electron chi connectivity index (χ4n) is 3.78. The lowest BCUT2D eigenvalue weighted by atomic mass is 10.0. The third kappa shape index (κ3) is 3.85. The van der Waals surface area contributed by atoms with Crippen LogP contribution in [0, 0.1) is 0 Å². The van der Waals surface area contributed by atoms with Crippen LogP contribution >= 0.6 is 0 Å². The molecule has 1 aliphatic heterocycles. The van der Waals surface area contributed by atoms with Gasteiger partial charge >= 0.3 is 0 Å². The number of anilines is 2. The highest BCUT2D eigenvalue weighted by molar-refractivity contribution is 6.34. The Labute approximate surface area is 181 Å². The standard InChI is InChI=1S/C25H23N3O3/c1-3-27(2)22(17-10-5-4-6-11-17)23(29)26-18-12-9-13-19(16-18)28-24(30)20-14-7-8-15-21(20)25(28)31/h4-16,22H,3H2,1-2H3,(H,26,29). The number of amides is 3. The van der Waals surface area contributed by atoms with Crippen molar-refractivity contribution in [3.63, 3.8) is 0 Å². The maximum absolute atomic E-state index is 13.2. The first-order chi connectivity index (χ1) is 15.0. The Hall–Kier alpha value is -3.77. The minimum Gasteiger partial charge on any atom is -0.324 e. The second-order valence-electron chi connectivity index (χ2n) is 7.42. The summed E-state index contributed by atoms with van der Waals surface area (Å²) in [5.41, 5.74) is 2.60. The summed E-state index contributed by atoms with van der Waals surface area (Å²) >= 11 is 0. The van der Waals surface area contributed by atoms with Crippen LogP contribution in [0.1, 0.15) is 39.2 Å². The Morgan fingerprint density at radius 1 is 0.903 bits per heavy atom. The smallest absolute Gasteiger partial charge is 0.266 e. The van der Waals surface area contributed by atoms with Gasteiger partial charge in [0, 0.05) is 5.69 Å². The van der Waals surface area contributed by atoms with Gasteiger partial charge in [-0.2, -0.15) is 0 Å². The van der Waals surface area contributed by atoms with Gasteiger partial charge in [-0.25, -0.2) is 4.90 Å². The summed E-state index contributed by atoms with van der Waals surface area (Å²) in [5.74, 6) is -0.913. The molecule has 1 atom stereocenters. The molecule has 0 radical (unpaired) electrons. The number of hydrogen-bond acceptors (Lipinski definition) is 4. The van der Waals surface area contributed by atoms with Crippen LogP contribution in [-0.4, -0.2) is 36.2 Å². The molecule has 0 aliphatic carbocycles. The van der Waals surface area contributed by atoms with Gasteiger partial charge in [-0.3, -0.25) is 19.3 Å². The van der Waals surface area contributed by atoms with Gasteiger partial charge in [0.1, 0.15) is 6.04 Å². The van der Waals surface area contributed by atoms with E-state index in [9.17, 15) is 14.4 Å². The number of nitrogens with one attached hydrogen (secondary N) is 1. The number of benzene rings is 3. The lowest BCUT2D eigenvalue weighted by Crippen LogP contribution is -2.34. The monoisotopic (exact) mass is 413 g/mol. The van der Waals surface area contributed by atoms with Gasteiger partial charge in [-0.1, -0.05) is 55.5 Å². The molecule has 1 aliphatic rings. The zero-order chi connectivity index (χ0) is 22.0. The summed E-state index contributed by atoms with van der Waals surface area (Å²) in [6.07, 6.45) is 0. The van der Waals surface area contributed by atoms with Crippen LogP contribution in [0.2, 0.25) is 0 Å². The van der Waals surface area contributed by atoms with Crippen LogP contribution in [0.25, 0.3) is 0 Å². The third-order valence-electron chi connectivity index (χ3n) is 5.47. The molecule has 1 N–H and O–H groups in total. The van der Waals surface area contributed by atoms with Crippen LogP contribution in [0.5, 0.6) is 0 Å². The highest BCUT2D eigenvalue weighted by atomic mass is 16.2. The summed E-state index contributed by atoms with van der Waals surface area (Å²) in [7, 11) is 1.90. The second kappa shape index (κ2) is 8.53. The number of rotatable bonds is 6. The summed E-state index contributed by atoms with van der Waals surface area (Å²) in [5, 5.41) is 2.94. The highest BCUT2D eigenvalue weighted by Crippen LogP contribution is 2.30. The second-order valence-corrected chi connectivity index (χ2v) is 7.42. The molecule has 0 saturated carbocycles. The van der Waals surface area contributed by atoms with Crippen molar-refractivity contribution < 1.29 is 14.4 Å². The van der Waals surface area contributed by atoms with E-state index >= 15 is 0 Å². The maximum Gasteiger partial charge on any atom is 0.266 e. The molecule has 1 heterocycles. The van der Waals surface area contributed by atoms with Crippen LogP contribution in [0.4, 0.5) is 11.4 Å².